The second kappa shape index (κ2) is 7.83. The van der Waals surface area contributed by atoms with Crippen LogP contribution in [0, 0.1) is 0 Å². The van der Waals surface area contributed by atoms with Gasteiger partial charge in [0.1, 0.15) is 5.69 Å². The molecular weight excluding hydrogens is 304 g/mol. The second-order valence-corrected chi connectivity index (χ2v) is 6.61. The highest BCUT2D eigenvalue weighted by molar-refractivity contribution is 5.20. The molecule has 0 amide bonds. The number of pyridine rings is 1. The lowest BCUT2D eigenvalue weighted by molar-refractivity contribution is 0.0832. The van der Waals surface area contributed by atoms with E-state index in [4.69, 9.17) is 4.74 Å². The molecule has 0 saturated carbocycles. The molecule has 3 rings (SSSR count). The van der Waals surface area contributed by atoms with Crippen molar-refractivity contribution in [3.05, 3.63) is 41.5 Å². The van der Waals surface area contributed by atoms with Crippen LogP contribution >= 0.6 is 0 Å². The number of rotatable bonds is 7. The number of hydrogen-bond donors (Lipinski definition) is 0. The first-order chi connectivity index (χ1) is 11.6. The summed E-state index contributed by atoms with van der Waals surface area (Å²) in [7, 11) is 6.08. The van der Waals surface area contributed by atoms with Gasteiger partial charge in [-0.15, -0.1) is 5.10 Å². The van der Waals surface area contributed by atoms with E-state index in [0.29, 0.717) is 12.5 Å². The van der Waals surface area contributed by atoms with E-state index in [1.54, 1.807) is 0 Å². The van der Waals surface area contributed by atoms with Gasteiger partial charge in [0, 0.05) is 45.3 Å². The standard InChI is InChI=1S/C17H26N6O/c1-21(2)8-9-24-13-14-10-23(11-15-6-4-5-7-18-15)12-16-17(14)22(3)20-19-16/h4-7,14H,8-13H2,1-3H3/t14-/m1/s1. The molecule has 7 heteroatoms. The Balaban J connectivity index is 1.66. The third-order valence-electron chi connectivity index (χ3n) is 4.30. The highest BCUT2D eigenvalue weighted by Crippen LogP contribution is 2.27. The number of nitrogens with zero attached hydrogens (tertiary/aromatic N) is 6. The lowest BCUT2D eigenvalue weighted by atomic mass is 9.99. The van der Waals surface area contributed by atoms with Gasteiger partial charge in [-0.25, -0.2) is 0 Å². The molecule has 2 aromatic rings. The van der Waals surface area contributed by atoms with Crippen molar-refractivity contribution in [1.82, 2.24) is 29.8 Å². The van der Waals surface area contributed by atoms with Crippen molar-refractivity contribution >= 4 is 0 Å². The van der Waals surface area contributed by atoms with Crippen molar-refractivity contribution in [2.75, 3.05) is 40.4 Å². The minimum absolute atomic E-state index is 0.291. The molecule has 7 nitrogen and oxygen atoms in total. The summed E-state index contributed by atoms with van der Waals surface area (Å²) >= 11 is 0. The summed E-state index contributed by atoms with van der Waals surface area (Å²) in [4.78, 5) is 8.94. The minimum atomic E-state index is 0.291. The van der Waals surface area contributed by atoms with Gasteiger partial charge in [-0.05, 0) is 26.2 Å². The van der Waals surface area contributed by atoms with E-state index in [0.717, 1.165) is 44.2 Å². The predicted molar refractivity (Wildman–Crippen MR) is 91.5 cm³/mol. The zero-order chi connectivity index (χ0) is 16.9. The maximum absolute atomic E-state index is 5.91. The maximum atomic E-state index is 5.91. The molecule has 1 aliphatic rings. The number of fused-ring (bicyclic) bond motifs is 1. The van der Waals surface area contributed by atoms with Gasteiger partial charge < -0.3 is 9.64 Å². The molecule has 1 atom stereocenters. The Labute approximate surface area is 143 Å². The number of aryl methyl sites for hydroxylation is 1. The normalized spacial score (nSPS) is 18.1. The first-order valence-electron chi connectivity index (χ1n) is 8.36. The summed E-state index contributed by atoms with van der Waals surface area (Å²) in [5, 5.41) is 8.55. The van der Waals surface area contributed by atoms with Crippen LogP contribution in [0.3, 0.4) is 0 Å². The van der Waals surface area contributed by atoms with Crippen LogP contribution in [0.1, 0.15) is 23.0 Å². The summed E-state index contributed by atoms with van der Waals surface area (Å²) in [6.45, 7) is 4.94. The van der Waals surface area contributed by atoms with Crippen molar-refractivity contribution in [3.8, 4) is 0 Å². The Kier molecular flexibility index (Phi) is 5.55. The molecule has 24 heavy (non-hydrogen) atoms. The molecule has 3 heterocycles. The van der Waals surface area contributed by atoms with Crippen molar-refractivity contribution in [2.45, 2.75) is 19.0 Å². The topological polar surface area (TPSA) is 59.3 Å². The maximum Gasteiger partial charge on any atom is 0.100 e. The largest absolute Gasteiger partial charge is 0.379 e. The molecule has 0 aliphatic carbocycles. The molecule has 0 N–H and O–H groups in total. The van der Waals surface area contributed by atoms with E-state index in [-0.39, 0.29) is 0 Å². The zero-order valence-electron chi connectivity index (χ0n) is 14.7. The first kappa shape index (κ1) is 17.0. The van der Waals surface area contributed by atoms with Crippen LogP contribution in [0.2, 0.25) is 0 Å². The first-order valence-corrected chi connectivity index (χ1v) is 8.36. The third kappa shape index (κ3) is 4.17. The third-order valence-corrected chi connectivity index (χ3v) is 4.30. The molecule has 0 radical (unpaired) electrons. The number of aromatic nitrogens is 4. The van der Waals surface area contributed by atoms with Gasteiger partial charge in [0.25, 0.3) is 0 Å². The van der Waals surface area contributed by atoms with Crippen molar-refractivity contribution in [1.29, 1.82) is 0 Å². The smallest absolute Gasteiger partial charge is 0.100 e. The second-order valence-electron chi connectivity index (χ2n) is 6.61. The van der Waals surface area contributed by atoms with Crippen LogP contribution < -0.4 is 0 Å². The average molecular weight is 330 g/mol. The van der Waals surface area contributed by atoms with E-state index in [1.165, 1.54) is 5.69 Å². The summed E-state index contributed by atoms with van der Waals surface area (Å²) in [6, 6.07) is 6.04. The summed E-state index contributed by atoms with van der Waals surface area (Å²) in [6.07, 6.45) is 1.84. The van der Waals surface area contributed by atoms with E-state index < -0.39 is 0 Å². The molecule has 0 aromatic carbocycles. The molecular formula is C17H26N6O. The number of ether oxygens (including phenoxy) is 1. The fourth-order valence-corrected chi connectivity index (χ4v) is 3.14. The Bertz CT molecular complexity index is 642. The van der Waals surface area contributed by atoms with Gasteiger partial charge in [0.2, 0.25) is 0 Å². The fourth-order valence-electron chi connectivity index (χ4n) is 3.14. The van der Waals surface area contributed by atoms with Gasteiger partial charge in [-0.1, -0.05) is 11.3 Å². The van der Waals surface area contributed by atoms with E-state index in [1.807, 2.05) is 30.1 Å². The van der Waals surface area contributed by atoms with Crippen molar-refractivity contribution < 1.29 is 4.74 Å². The van der Waals surface area contributed by atoms with Crippen LogP contribution in [-0.2, 0) is 24.9 Å². The molecule has 2 aromatic heterocycles. The van der Waals surface area contributed by atoms with Gasteiger partial charge in [0.15, 0.2) is 0 Å². The molecule has 0 fully saturated rings. The SMILES string of the molecule is CN(C)CCOC[C@H]1CN(Cc2ccccn2)Cc2nnn(C)c21. The molecule has 0 spiro atoms. The van der Waals surface area contributed by atoms with Crippen molar-refractivity contribution in [3.63, 3.8) is 0 Å². The summed E-state index contributed by atoms with van der Waals surface area (Å²) in [5.74, 6) is 0.291. The summed E-state index contributed by atoms with van der Waals surface area (Å²) < 4.78 is 7.81. The van der Waals surface area contributed by atoms with E-state index in [9.17, 15) is 0 Å². The van der Waals surface area contributed by atoms with E-state index >= 15 is 0 Å². The Morgan fingerprint density at radius 2 is 2.21 bits per heavy atom. The van der Waals surface area contributed by atoms with Crippen LogP contribution in [-0.4, -0.2) is 70.2 Å². The highest BCUT2D eigenvalue weighted by atomic mass is 16.5. The molecule has 0 bridgehead atoms. The van der Waals surface area contributed by atoms with Crippen LogP contribution in [0.15, 0.2) is 24.4 Å². The monoisotopic (exact) mass is 330 g/mol. The van der Waals surface area contributed by atoms with Gasteiger partial charge in [-0.3, -0.25) is 14.6 Å². The van der Waals surface area contributed by atoms with Gasteiger partial charge in [-0.2, -0.15) is 0 Å². The fraction of sp³-hybridized carbons (Fsp3) is 0.588. The molecule has 0 unspecified atom stereocenters. The molecule has 130 valence electrons. The van der Waals surface area contributed by atoms with Crippen molar-refractivity contribution in [2.24, 2.45) is 7.05 Å². The average Bonchev–Trinajstić information content (AvgIpc) is 2.93. The van der Waals surface area contributed by atoms with E-state index in [2.05, 4.69) is 45.3 Å². The minimum Gasteiger partial charge on any atom is -0.379 e. The molecule has 1 aliphatic heterocycles. The Hall–Kier alpha value is -1.83. The van der Waals surface area contributed by atoms with Crippen LogP contribution in [0.4, 0.5) is 0 Å². The quantitative estimate of drug-likeness (QED) is 0.703. The van der Waals surface area contributed by atoms with Gasteiger partial charge >= 0.3 is 0 Å². The zero-order valence-corrected chi connectivity index (χ0v) is 14.7. The Morgan fingerprint density at radius 3 is 2.96 bits per heavy atom. The van der Waals surface area contributed by atoms with Crippen LogP contribution in [0.5, 0.6) is 0 Å². The Morgan fingerprint density at radius 1 is 1.33 bits per heavy atom. The lowest BCUT2D eigenvalue weighted by Gasteiger charge is -2.32. The van der Waals surface area contributed by atoms with Crippen LogP contribution in [0.25, 0.3) is 0 Å². The predicted octanol–water partition coefficient (Wildman–Crippen LogP) is 0.888. The highest BCUT2D eigenvalue weighted by Gasteiger charge is 2.30. The number of likely N-dealkylation sites (N-methyl/N-ethyl adjacent to an activating group) is 1. The lowest BCUT2D eigenvalue weighted by Crippen LogP contribution is -2.36. The number of hydrogen-bond acceptors (Lipinski definition) is 6. The van der Waals surface area contributed by atoms with Gasteiger partial charge in [0.05, 0.1) is 24.6 Å². The summed E-state index contributed by atoms with van der Waals surface area (Å²) in [5.41, 5.74) is 3.34. The molecule has 0 saturated heterocycles.